The second kappa shape index (κ2) is 8.32. The molecule has 0 unspecified atom stereocenters. The van der Waals surface area contributed by atoms with Crippen LogP contribution in [-0.2, 0) is 0 Å². The number of hydrogen-bond donors (Lipinski definition) is 2. The van der Waals surface area contributed by atoms with Crippen LogP contribution in [0.1, 0.15) is 26.2 Å². The minimum absolute atomic E-state index is 0.811. The number of anilines is 2. The van der Waals surface area contributed by atoms with Crippen molar-refractivity contribution < 1.29 is 0 Å². The zero-order chi connectivity index (χ0) is 14.2. The van der Waals surface area contributed by atoms with Crippen LogP contribution >= 0.6 is 11.8 Å². The summed E-state index contributed by atoms with van der Waals surface area (Å²) in [6.45, 7) is 7.65. The quantitative estimate of drug-likeness (QED) is 0.437. The van der Waals surface area contributed by atoms with Gasteiger partial charge in [-0.25, -0.2) is 9.97 Å². The summed E-state index contributed by atoms with van der Waals surface area (Å²) >= 11 is 1.57. The Kier molecular flexibility index (Phi) is 6.39. The molecule has 2 rings (SSSR count). The summed E-state index contributed by atoms with van der Waals surface area (Å²) in [6, 6.07) is 1.99. The van der Waals surface area contributed by atoms with E-state index >= 15 is 0 Å². The van der Waals surface area contributed by atoms with Crippen molar-refractivity contribution in [1.29, 1.82) is 0 Å². The smallest absolute Gasteiger partial charge is 0.191 e. The third kappa shape index (κ3) is 4.83. The maximum atomic E-state index is 4.49. The van der Waals surface area contributed by atoms with E-state index in [0.29, 0.717) is 0 Å². The number of likely N-dealkylation sites (tertiary alicyclic amines) is 1. The summed E-state index contributed by atoms with van der Waals surface area (Å²) in [4.78, 5) is 11.5. The van der Waals surface area contributed by atoms with Crippen LogP contribution in [0.2, 0.25) is 0 Å². The van der Waals surface area contributed by atoms with Crippen LogP contribution in [0.25, 0.3) is 0 Å². The monoisotopic (exact) mass is 295 g/mol. The highest BCUT2D eigenvalue weighted by Crippen LogP contribution is 2.17. The average Bonchev–Trinajstić information content (AvgIpc) is 2.97. The molecule has 1 saturated heterocycles. The first-order valence-electron chi connectivity index (χ1n) is 7.45. The number of thioether (sulfide) groups is 1. The molecule has 1 aliphatic rings. The van der Waals surface area contributed by atoms with Crippen LogP contribution in [0.5, 0.6) is 0 Å². The Labute approximate surface area is 125 Å². The maximum absolute atomic E-state index is 4.49. The molecule has 112 valence electrons. The Hall–Kier alpha value is -1.01. The van der Waals surface area contributed by atoms with Gasteiger partial charge >= 0.3 is 0 Å². The number of aromatic nitrogens is 2. The van der Waals surface area contributed by atoms with Crippen molar-refractivity contribution in [2.24, 2.45) is 0 Å². The van der Waals surface area contributed by atoms with Gasteiger partial charge in [0.2, 0.25) is 0 Å². The number of rotatable bonds is 8. The molecule has 0 radical (unpaired) electrons. The third-order valence-electron chi connectivity index (χ3n) is 3.40. The second-order valence-electron chi connectivity index (χ2n) is 4.98. The number of nitrogens with zero attached hydrogens (tertiary/aromatic N) is 3. The molecule has 1 aromatic rings. The summed E-state index contributed by atoms with van der Waals surface area (Å²) in [7, 11) is 0. The van der Waals surface area contributed by atoms with Crippen molar-refractivity contribution in [3.8, 4) is 0 Å². The van der Waals surface area contributed by atoms with Crippen LogP contribution in [-0.4, -0.2) is 53.8 Å². The van der Waals surface area contributed by atoms with Gasteiger partial charge in [0, 0.05) is 19.2 Å². The lowest BCUT2D eigenvalue weighted by atomic mass is 10.4. The Bertz CT molecular complexity index is 407. The molecule has 20 heavy (non-hydrogen) atoms. The molecule has 2 N–H and O–H groups in total. The lowest BCUT2D eigenvalue weighted by molar-refractivity contribution is 0.337. The largest absolute Gasteiger partial charge is 0.370 e. The van der Waals surface area contributed by atoms with Crippen molar-refractivity contribution in [1.82, 2.24) is 14.9 Å². The zero-order valence-corrected chi connectivity index (χ0v) is 13.3. The summed E-state index contributed by atoms with van der Waals surface area (Å²) in [6.07, 6.45) is 5.89. The summed E-state index contributed by atoms with van der Waals surface area (Å²) < 4.78 is 0. The normalized spacial score (nSPS) is 15.5. The summed E-state index contributed by atoms with van der Waals surface area (Å²) in [5.74, 6) is 1.82. The molecule has 0 aromatic carbocycles. The van der Waals surface area contributed by atoms with Gasteiger partial charge in [-0.05, 0) is 52.1 Å². The Morgan fingerprint density at radius 3 is 2.55 bits per heavy atom. The highest BCUT2D eigenvalue weighted by atomic mass is 32.2. The Morgan fingerprint density at radius 2 is 1.90 bits per heavy atom. The second-order valence-corrected chi connectivity index (χ2v) is 5.76. The third-order valence-corrected chi connectivity index (χ3v) is 3.95. The van der Waals surface area contributed by atoms with Gasteiger partial charge in [-0.2, -0.15) is 0 Å². The van der Waals surface area contributed by atoms with Crippen molar-refractivity contribution in [3.05, 3.63) is 6.07 Å². The molecule has 0 aliphatic carbocycles. The van der Waals surface area contributed by atoms with Gasteiger partial charge in [0.15, 0.2) is 5.16 Å². The van der Waals surface area contributed by atoms with Crippen LogP contribution in [0.15, 0.2) is 11.2 Å². The first kappa shape index (κ1) is 15.4. The van der Waals surface area contributed by atoms with Crippen LogP contribution in [0, 0.1) is 0 Å². The Balaban J connectivity index is 1.79. The molecule has 0 bridgehead atoms. The van der Waals surface area contributed by atoms with E-state index in [0.717, 1.165) is 36.3 Å². The fraction of sp³-hybridized carbons (Fsp3) is 0.714. The lowest BCUT2D eigenvalue weighted by Gasteiger charge is -2.15. The van der Waals surface area contributed by atoms with Gasteiger partial charge in [-0.3, -0.25) is 0 Å². The van der Waals surface area contributed by atoms with Gasteiger partial charge in [0.1, 0.15) is 11.6 Å². The molecule has 2 heterocycles. The van der Waals surface area contributed by atoms with Gasteiger partial charge in [0.25, 0.3) is 0 Å². The standard InChI is InChI=1S/C14H25N5S/c1-3-15-12-11-13(18-14(17-12)20-2)16-7-6-10-19-8-4-5-9-19/h11H,3-10H2,1-2H3,(H2,15,16,17,18). The molecular weight excluding hydrogens is 270 g/mol. The fourth-order valence-electron chi connectivity index (χ4n) is 2.40. The van der Waals surface area contributed by atoms with Gasteiger partial charge in [-0.15, -0.1) is 0 Å². The maximum Gasteiger partial charge on any atom is 0.191 e. The molecule has 1 aliphatic heterocycles. The first-order chi connectivity index (χ1) is 9.81. The van der Waals surface area contributed by atoms with Crippen molar-refractivity contribution >= 4 is 23.4 Å². The molecule has 0 saturated carbocycles. The first-order valence-corrected chi connectivity index (χ1v) is 8.67. The van der Waals surface area contributed by atoms with E-state index in [9.17, 15) is 0 Å². The van der Waals surface area contributed by atoms with E-state index in [1.165, 1.54) is 32.5 Å². The van der Waals surface area contributed by atoms with E-state index in [4.69, 9.17) is 0 Å². The van der Waals surface area contributed by atoms with Crippen LogP contribution < -0.4 is 10.6 Å². The highest BCUT2D eigenvalue weighted by Gasteiger charge is 2.10. The van der Waals surface area contributed by atoms with E-state index in [-0.39, 0.29) is 0 Å². The Morgan fingerprint density at radius 1 is 1.20 bits per heavy atom. The summed E-state index contributed by atoms with van der Waals surface area (Å²) in [5, 5.41) is 7.47. The van der Waals surface area contributed by atoms with Crippen LogP contribution in [0.4, 0.5) is 11.6 Å². The van der Waals surface area contributed by atoms with E-state index in [2.05, 4.69) is 32.4 Å². The molecule has 1 aromatic heterocycles. The zero-order valence-electron chi connectivity index (χ0n) is 12.5. The number of nitrogens with one attached hydrogen (secondary N) is 2. The predicted molar refractivity (Wildman–Crippen MR) is 86.8 cm³/mol. The lowest BCUT2D eigenvalue weighted by Crippen LogP contribution is -2.22. The molecule has 5 nitrogen and oxygen atoms in total. The molecule has 0 spiro atoms. The highest BCUT2D eigenvalue weighted by molar-refractivity contribution is 7.98. The predicted octanol–water partition coefficient (Wildman–Crippen LogP) is 2.53. The van der Waals surface area contributed by atoms with Crippen LogP contribution in [0.3, 0.4) is 0 Å². The molecule has 6 heteroatoms. The molecule has 1 fully saturated rings. The van der Waals surface area contributed by atoms with Gasteiger partial charge in [-0.1, -0.05) is 11.8 Å². The minimum Gasteiger partial charge on any atom is -0.370 e. The molecule has 0 atom stereocenters. The van der Waals surface area contributed by atoms with Gasteiger partial charge in [0.05, 0.1) is 0 Å². The van der Waals surface area contributed by atoms with Gasteiger partial charge < -0.3 is 15.5 Å². The van der Waals surface area contributed by atoms with E-state index in [1.54, 1.807) is 11.8 Å². The minimum atomic E-state index is 0.811. The average molecular weight is 295 g/mol. The van der Waals surface area contributed by atoms with Crippen molar-refractivity contribution in [2.75, 3.05) is 49.6 Å². The molecule has 0 amide bonds. The van der Waals surface area contributed by atoms with E-state index in [1.807, 2.05) is 12.3 Å². The number of hydrogen-bond acceptors (Lipinski definition) is 6. The topological polar surface area (TPSA) is 53.1 Å². The van der Waals surface area contributed by atoms with E-state index < -0.39 is 0 Å². The fourth-order valence-corrected chi connectivity index (χ4v) is 2.78. The SMILES string of the molecule is CCNc1cc(NCCCN2CCCC2)nc(SC)n1. The summed E-state index contributed by atoms with van der Waals surface area (Å²) in [5.41, 5.74) is 0. The van der Waals surface area contributed by atoms with Crippen molar-refractivity contribution in [3.63, 3.8) is 0 Å². The van der Waals surface area contributed by atoms with Crippen molar-refractivity contribution in [2.45, 2.75) is 31.3 Å². The molecular formula is C14H25N5S.